The molecule has 2 atom stereocenters. The van der Waals surface area contributed by atoms with Crippen LogP contribution in [0.25, 0.3) is 27.5 Å². The SMILES string of the molecule is Cc1ccc(N(c2ccc(C)cc2)c2cc3c4c(c2)-n2c5ccc([Si](C)(C)C)cc5c5cc([Si](C)(C)C)cc(c52)B4c2cccc4c2N3C2(C)CCCCC42C)cc1. The number of aryl methyl sites for hydroxylation is 2. The van der Waals surface area contributed by atoms with Crippen LogP contribution in [-0.2, 0) is 5.41 Å². The van der Waals surface area contributed by atoms with E-state index in [1.54, 1.807) is 10.8 Å². The zero-order valence-corrected chi connectivity index (χ0v) is 38.1. The average Bonchev–Trinajstić information content (AvgIpc) is 3.63. The first kappa shape index (κ1) is 36.3. The first-order valence-corrected chi connectivity index (χ1v) is 28.8. The van der Waals surface area contributed by atoms with Gasteiger partial charge in [-0.2, -0.15) is 0 Å². The largest absolute Gasteiger partial charge is 0.335 e. The van der Waals surface area contributed by atoms with Gasteiger partial charge in [-0.05, 0) is 98.0 Å². The molecule has 11 rings (SSSR count). The van der Waals surface area contributed by atoms with Crippen molar-refractivity contribution in [1.82, 2.24) is 4.57 Å². The number of hydrogen-bond donors (Lipinski definition) is 0. The lowest BCUT2D eigenvalue weighted by Crippen LogP contribution is -2.64. The molecule has 1 aliphatic carbocycles. The minimum absolute atomic E-state index is 0.0413. The molecule has 290 valence electrons. The van der Waals surface area contributed by atoms with Gasteiger partial charge >= 0.3 is 0 Å². The molecule has 0 amide bonds. The van der Waals surface area contributed by atoms with Gasteiger partial charge in [0.15, 0.2) is 0 Å². The summed E-state index contributed by atoms with van der Waals surface area (Å²) in [5.74, 6) is 0. The van der Waals surface area contributed by atoms with Crippen molar-refractivity contribution in [1.29, 1.82) is 0 Å². The highest BCUT2D eigenvalue weighted by Gasteiger charge is 2.61. The van der Waals surface area contributed by atoms with Crippen LogP contribution in [0.15, 0.2) is 109 Å². The Morgan fingerprint density at radius 1 is 0.603 bits per heavy atom. The Bertz CT molecular complexity index is 2830. The Hall–Kier alpha value is -4.78. The Morgan fingerprint density at radius 2 is 1.22 bits per heavy atom. The van der Waals surface area contributed by atoms with Crippen LogP contribution in [0.1, 0.15) is 56.2 Å². The summed E-state index contributed by atoms with van der Waals surface area (Å²) in [4.78, 5) is 5.40. The summed E-state index contributed by atoms with van der Waals surface area (Å²) in [6.45, 7) is 24.8. The second kappa shape index (κ2) is 11.9. The van der Waals surface area contributed by atoms with Crippen molar-refractivity contribution in [3.63, 3.8) is 0 Å². The van der Waals surface area contributed by atoms with Crippen LogP contribution in [0, 0.1) is 13.8 Å². The molecule has 1 aromatic heterocycles. The second-order valence-electron chi connectivity index (χ2n) is 20.8. The summed E-state index contributed by atoms with van der Waals surface area (Å²) in [5.41, 5.74) is 19.1. The monoisotopic (exact) mass is 789 g/mol. The smallest absolute Gasteiger partial charge is 0.252 e. The Kier molecular flexibility index (Phi) is 7.46. The number of fused-ring (bicyclic) bond motifs is 10. The maximum Gasteiger partial charge on any atom is 0.252 e. The molecule has 0 radical (unpaired) electrons. The zero-order valence-electron chi connectivity index (χ0n) is 36.1. The highest BCUT2D eigenvalue weighted by atomic mass is 28.3. The third kappa shape index (κ3) is 4.79. The number of nitrogens with zero attached hydrogens (tertiary/aromatic N) is 3. The maximum atomic E-state index is 2.89. The van der Waals surface area contributed by atoms with Gasteiger partial charge in [0.05, 0.1) is 32.9 Å². The highest BCUT2D eigenvalue weighted by molar-refractivity contribution is 7.01. The van der Waals surface area contributed by atoms with Gasteiger partial charge in [-0.15, -0.1) is 0 Å². The molecule has 3 aliphatic heterocycles. The molecule has 6 heteroatoms. The topological polar surface area (TPSA) is 11.4 Å². The van der Waals surface area contributed by atoms with E-state index in [4.69, 9.17) is 0 Å². The Morgan fingerprint density at radius 3 is 1.88 bits per heavy atom. The van der Waals surface area contributed by atoms with Gasteiger partial charge in [0.2, 0.25) is 0 Å². The van der Waals surface area contributed by atoms with E-state index in [9.17, 15) is 0 Å². The van der Waals surface area contributed by atoms with E-state index in [0.29, 0.717) is 0 Å². The van der Waals surface area contributed by atoms with Gasteiger partial charge in [0, 0.05) is 50.1 Å². The molecule has 1 saturated carbocycles. The molecule has 58 heavy (non-hydrogen) atoms. The van der Waals surface area contributed by atoms with Crippen LogP contribution < -0.4 is 36.6 Å². The molecule has 3 nitrogen and oxygen atoms in total. The van der Waals surface area contributed by atoms with Crippen molar-refractivity contribution < 1.29 is 0 Å². The van der Waals surface area contributed by atoms with E-state index in [-0.39, 0.29) is 17.7 Å². The van der Waals surface area contributed by atoms with Gasteiger partial charge < -0.3 is 14.4 Å². The predicted octanol–water partition coefficient (Wildman–Crippen LogP) is 10.8. The summed E-state index contributed by atoms with van der Waals surface area (Å²) in [7, 11) is -3.30. The number of anilines is 5. The molecular formula is C52H56BN3Si2. The van der Waals surface area contributed by atoms with Crippen LogP contribution in [0.2, 0.25) is 39.3 Å². The van der Waals surface area contributed by atoms with E-state index < -0.39 is 16.1 Å². The molecule has 6 aromatic carbocycles. The van der Waals surface area contributed by atoms with Gasteiger partial charge in [0.1, 0.15) is 0 Å². The van der Waals surface area contributed by atoms with Crippen molar-refractivity contribution in [2.45, 2.75) is 104 Å². The average molecular weight is 790 g/mol. The molecule has 4 heterocycles. The number of para-hydroxylation sites is 1. The number of hydrogen-bond acceptors (Lipinski definition) is 2. The fraction of sp³-hybridized carbons (Fsp3) is 0.308. The molecule has 2 unspecified atom stereocenters. The lowest BCUT2D eigenvalue weighted by Gasteiger charge is -2.52. The highest BCUT2D eigenvalue weighted by Crippen LogP contribution is 2.61. The van der Waals surface area contributed by atoms with Crippen LogP contribution in [0.3, 0.4) is 0 Å². The molecule has 0 saturated heterocycles. The summed E-state index contributed by atoms with van der Waals surface area (Å²) < 4.78 is 2.70. The lowest BCUT2D eigenvalue weighted by molar-refractivity contribution is 0.195. The van der Waals surface area contributed by atoms with Crippen LogP contribution in [-0.4, -0.2) is 33.0 Å². The van der Waals surface area contributed by atoms with Gasteiger partial charge in [-0.25, -0.2) is 0 Å². The van der Waals surface area contributed by atoms with E-state index in [2.05, 4.69) is 191 Å². The molecular weight excluding hydrogens is 734 g/mol. The third-order valence-electron chi connectivity index (χ3n) is 15.1. The Balaban J connectivity index is 1.32. The minimum atomic E-state index is -1.71. The van der Waals surface area contributed by atoms with Crippen LogP contribution in [0.4, 0.5) is 28.4 Å². The normalized spacial score (nSPS) is 20.4. The molecule has 0 bridgehead atoms. The van der Waals surface area contributed by atoms with Crippen molar-refractivity contribution in [2.75, 3.05) is 9.80 Å². The first-order valence-electron chi connectivity index (χ1n) is 21.8. The van der Waals surface area contributed by atoms with Gasteiger partial charge in [-0.1, -0.05) is 147 Å². The summed E-state index contributed by atoms with van der Waals surface area (Å²) in [5, 5.41) is 5.92. The lowest BCUT2D eigenvalue weighted by atomic mass is 9.33. The van der Waals surface area contributed by atoms with Crippen LogP contribution >= 0.6 is 0 Å². The fourth-order valence-corrected chi connectivity index (χ4v) is 14.0. The van der Waals surface area contributed by atoms with Crippen molar-refractivity contribution >= 4 is 99.9 Å². The maximum absolute atomic E-state index is 2.89. The summed E-state index contributed by atoms with van der Waals surface area (Å²) in [6, 6.07) is 43.6. The number of benzene rings is 6. The number of rotatable bonds is 5. The van der Waals surface area contributed by atoms with E-state index in [0.717, 1.165) is 0 Å². The Labute approximate surface area is 347 Å². The third-order valence-corrected chi connectivity index (χ3v) is 19.2. The molecule has 0 spiro atoms. The van der Waals surface area contributed by atoms with E-state index >= 15 is 0 Å². The predicted molar refractivity (Wildman–Crippen MR) is 258 cm³/mol. The van der Waals surface area contributed by atoms with Crippen molar-refractivity contribution in [2.24, 2.45) is 0 Å². The fourth-order valence-electron chi connectivity index (χ4n) is 11.7. The van der Waals surface area contributed by atoms with Crippen molar-refractivity contribution in [3.05, 3.63) is 126 Å². The standard InChI is InChI=1S/C52H56BN3Si2/c1-33-16-20-35(21-17-33)54(36-22-18-34(2)19-23-36)37-28-46-48-47(29-37)56-50-42(51(3)26-11-12-27-52(51,56)4)14-13-15-43(50)53(48)44-32-39(58(8,9)10)31-41-40-30-38(57(5,6)7)24-25-45(40)55(46)49(41)44/h13-25,28-32H,11-12,26-27H2,1-10H3. The minimum Gasteiger partial charge on any atom is -0.335 e. The summed E-state index contributed by atoms with van der Waals surface area (Å²) >= 11 is 0. The first-order chi connectivity index (χ1) is 27.6. The molecule has 7 aromatic rings. The quantitative estimate of drug-likeness (QED) is 0.161. The number of aromatic nitrogens is 1. The van der Waals surface area contributed by atoms with E-state index in [1.165, 1.54) is 114 Å². The van der Waals surface area contributed by atoms with Crippen molar-refractivity contribution in [3.8, 4) is 5.69 Å². The van der Waals surface area contributed by atoms with Gasteiger partial charge in [-0.3, -0.25) is 0 Å². The van der Waals surface area contributed by atoms with Gasteiger partial charge in [0.25, 0.3) is 6.71 Å². The summed E-state index contributed by atoms with van der Waals surface area (Å²) in [6.07, 6.45) is 4.96. The molecule has 4 aliphatic rings. The zero-order chi connectivity index (χ0) is 40.3. The molecule has 0 N–H and O–H groups in total. The molecule has 1 fully saturated rings. The van der Waals surface area contributed by atoms with E-state index in [1.807, 2.05) is 0 Å². The van der Waals surface area contributed by atoms with Crippen LogP contribution in [0.5, 0.6) is 0 Å². The second-order valence-corrected chi connectivity index (χ2v) is 30.9.